The van der Waals surface area contributed by atoms with Gasteiger partial charge in [-0.2, -0.15) is 0 Å². The zero-order chi connectivity index (χ0) is 22.1. The molecule has 0 spiro atoms. The molecule has 1 unspecified atom stereocenters. The van der Waals surface area contributed by atoms with E-state index in [0.717, 1.165) is 25.2 Å². The molecular formula is C28H54O2. The maximum absolute atomic E-state index is 11.8. The van der Waals surface area contributed by atoms with E-state index in [0.29, 0.717) is 13.0 Å². The van der Waals surface area contributed by atoms with Crippen molar-refractivity contribution >= 4 is 5.97 Å². The van der Waals surface area contributed by atoms with E-state index < -0.39 is 0 Å². The molecular weight excluding hydrogens is 368 g/mol. The number of esters is 1. The van der Waals surface area contributed by atoms with E-state index in [1.54, 1.807) is 0 Å². The minimum absolute atomic E-state index is 0.00941. The fourth-order valence-electron chi connectivity index (χ4n) is 3.74. The molecule has 2 nitrogen and oxygen atoms in total. The van der Waals surface area contributed by atoms with Crippen LogP contribution < -0.4 is 0 Å². The SMILES string of the molecule is CCCC/C=C\CCCCCCCC(=O)OCCCCCCCCCCC(C)CC. The first kappa shape index (κ1) is 29.2. The van der Waals surface area contributed by atoms with Crippen LogP contribution in [0.5, 0.6) is 0 Å². The van der Waals surface area contributed by atoms with Gasteiger partial charge >= 0.3 is 5.97 Å². The summed E-state index contributed by atoms with van der Waals surface area (Å²) in [6.07, 6.45) is 29.4. The summed E-state index contributed by atoms with van der Waals surface area (Å²) < 4.78 is 5.38. The summed E-state index contributed by atoms with van der Waals surface area (Å²) in [5.74, 6) is 0.912. The lowest BCUT2D eigenvalue weighted by Gasteiger charge is -2.07. The Morgan fingerprint density at radius 3 is 1.87 bits per heavy atom. The Labute approximate surface area is 189 Å². The molecule has 30 heavy (non-hydrogen) atoms. The summed E-state index contributed by atoms with van der Waals surface area (Å²) in [4.78, 5) is 11.8. The van der Waals surface area contributed by atoms with Crippen molar-refractivity contribution in [1.82, 2.24) is 0 Å². The molecule has 2 heteroatoms. The third-order valence-corrected chi connectivity index (χ3v) is 6.19. The van der Waals surface area contributed by atoms with Gasteiger partial charge in [-0.25, -0.2) is 0 Å². The van der Waals surface area contributed by atoms with Crippen molar-refractivity contribution in [3.63, 3.8) is 0 Å². The van der Waals surface area contributed by atoms with Crippen LogP contribution in [0.4, 0.5) is 0 Å². The summed E-state index contributed by atoms with van der Waals surface area (Å²) in [6, 6.07) is 0. The molecule has 0 N–H and O–H groups in total. The first-order chi connectivity index (χ1) is 14.7. The molecule has 0 aromatic carbocycles. The Morgan fingerprint density at radius 2 is 1.23 bits per heavy atom. The van der Waals surface area contributed by atoms with Gasteiger partial charge in [0.15, 0.2) is 0 Å². The molecule has 0 fully saturated rings. The summed E-state index contributed by atoms with van der Waals surface area (Å²) in [6.45, 7) is 7.52. The quantitative estimate of drug-likeness (QED) is 0.0930. The first-order valence-corrected chi connectivity index (χ1v) is 13.5. The lowest BCUT2D eigenvalue weighted by molar-refractivity contribution is -0.143. The maximum Gasteiger partial charge on any atom is 0.305 e. The van der Waals surface area contributed by atoms with Gasteiger partial charge < -0.3 is 4.74 Å². The van der Waals surface area contributed by atoms with Crippen molar-refractivity contribution in [3.05, 3.63) is 12.2 Å². The third-order valence-electron chi connectivity index (χ3n) is 6.19. The lowest BCUT2D eigenvalue weighted by atomic mass is 10.00. The number of rotatable bonds is 23. The molecule has 178 valence electrons. The van der Waals surface area contributed by atoms with Gasteiger partial charge in [-0.05, 0) is 38.0 Å². The van der Waals surface area contributed by atoms with Gasteiger partial charge in [0.2, 0.25) is 0 Å². The predicted molar refractivity (Wildman–Crippen MR) is 133 cm³/mol. The lowest BCUT2D eigenvalue weighted by Crippen LogP contribution is -2.05. The Morgan fingerprint density at radius 1 is 0.700 bits per heavy atom. The van der Waals surface area contributed by atoms with Crippen molar-refractivity contribution in [3.8, 4) is 0 Å². The van der Waals surface area contributed by atoms with E-state index in [1.165, 1.54) is 103 Å². The van der Waals surface area contributed by atoms with Crippen LogP contribution in [-0.4, -0.2) is 12.6 Å². The van der Waals surface area contributed by atoms with E-state index in [2.05, 4.69) is 32.9 Å². The Bertz CT molecular complexity index is 375. The summed E-state index contributed by atoms with van der Waals surface area (Å²) in [5.41, 5.74) is 0. The molecule has 0 rings (SSSR count). The van der Waals surface area contributed by atoms with Crippen molar-refractivity contribution in [1.29, 1.82) is 0 Å². The average molecular weight is 423 g/mol. The molecule has 0 amide bonds. The molecule has 0 heterocycles. The number of ether oxygens (including phenoxy) is 1. The minimum Gasteiger partial charge on any atom is -0.466 e. The highest BCUT2D eigenvalue weighted by Gasteiger charge is 2.02. The number of unbranched alkanes of at least 4 members (excludes halogenated alkanes) is 14. The normalized spacial score (nSPS) is 12.5. The zero-order valence-corrected chi connectivity index (χ0v) is 20.9. The minimum atomic E-state index is 0.00941. The Balaban J connectivity index is 3.21. The molecule has 0 aromatic rings. The monoisotopic (exact) mass is 422 g/mol. The number of carbonyl (C=O) groups is 1. The highest BCUT2D eigenvalue weighted by molar-refractivity contribution is 5.69. The van der Waals surface area contributed by atoms with Gasteiger partial charge in [0.05, 0.1) is 6.61 Å². The van der Waals surface area contributed by atoms with E-state index in [9.17, 15) is 4.79 Å². The molecule has 0 aliphatic rings. The van der Waals surface area contributed by atoms with Crippen LogP contribution in [0.25, 0.3) is 0 Å². The Kier molecular flexibility index (Phi) is 23.8. The number of hydrogen-bond donors (Lipinski definition) is 0. The molecule has 0 aromatic heterocycles. The highest BCUT2D eigenvalue weighted by atomic mass is 16.5. The molecule has 0 bridgehead atoms. The van der Waals surface area contributed by atoms with E-state index in [4.69, 9.17) is 4.74 Å². The summed E-state index contributed by atoms with van der Waals surface area (Å²) in [7, 11) is 0. The molecule has 0 aliphatic heterocycles. The second-order valence-electron chi connectivity index (χ2n) is 9.27. The standard InChI is InChI=1S/C28H54O2/c1-4-6-7-8-9-10-11-12-16-19-22-25-28(29)30-26-23-20-17-14-13-15-18-21-24-27(3)5-2/h8-9,27H,4-7,10-26H2,1-3H3/b9-8-. The van der Waals surface area contributed by atoms with Gasteiger partial charge in [-0.1, -0.05) is 123 Å². The van der Waals surface area contributed by atoms with Crippen LogP contribution in [0.2, 0.25) is 0 Å². The van der Waals surface area contributed by atoms with Crippen LogP contribution in [0.1, 0.15) is 149 Å². The van der Waals surface area contributed by atoms with Crippen LogP contribution in [0, 0.1) is 5.92 Å². The second kappa shape index (κ2) is 24.5. The number of hydrogen-bond acceptors (Lipinski definition) is 2. The van der Waals surface area contributed by atoms with Gasteiger partial charge in [0.25, 0.3) is 0 Å². The highest BCUT2D eigenvalue weighted by Crippen LogP contribution is 2.15. The van der Waals surface area contributed by atoms with Crippen LogP contribution in [-0.2, 0) is 9.53 Å². The fraction of sp³-hybridized carbons (Fsp3) is 0.893. The van der Waals surface area contributed by atoms with Crippen molar-refractivity contribution < 1.29 is 9.53 Å². The zero-order valence-electron chi connectivity index (χ0n) is 20.9. The van der Waals surface area contributed by atoms with Crippen molar-refractivity contribution in [2.24, 2.45) is 5.92 Å². The average Bonchev–Trinajstić information content (AvgIpc) is 2.75. The van der Waals surface area contributed by atoms with E-state index in [1.807, 2.05) is 0 Å². The summed E-state index contributed by atoms with van der Waals surface area (Å²) >= 11 is 0. The number of allylic oxidation sites excluding steroid dienone is 2. The second-order valence-corrected chi connectivity index (χ2v) is 9.27. The maximum atomic E-state index is 11.8. The van der Waals surface area contributed by atoms with Crippen LogP contribution >= 0.6 is 0 Å². The third kappa shape index (κ3) is 23.5. The Hall–Kier alpha value is -0.790. The molecule has 0 saturated heterocycles. The van der Waals surface area contributed by atoms with E-state index in [-0.39, 0.29) is 5.97 Å². The molecule has 0 aliphatic carbocycles. The topological polar surface area (TPSA) is 26.3 Å². The van der Waals surface area contributed by atoms with Gasteiger partial charge in [-0.3, -0.25) is 4.79 Å². The van der Waals surface area contributed by atoms with Gasteiger partial charge in [0.1, 0.15) is 0 Å². The van der Waals surface area contributed by atoms with Crippen molar-refractivity contribution in [2.45, 2.75) is 149 Å². The molecule has 0 radical (unpaired) electrons. The largest absolute Gasteiger partial charge is 0.466 e. The first-order valence-electron chi connectivity index (χ1n) is 13.5. The summed E-state index contributed by atoms with van der Waals surface area (Å²) in [5, 5.41) is 0. The molecule has 0 saturated carbocycles. The smallest absolute Gasteiger partial charge is 0.305 e. The van der Waals surface area contributed by atoms with Crippen LogP contribution in [0.3, 0.4) is 0 Å². The number of carbonyl (C=O) groups excluding carboxylic acids is 1. The predicted octanol–water partition coefficient (Wildman–Crippen LogP) is 9.56. The van der Waals surface area contributed by atoms with E-state index >= 15 is 0 Å². The fourth-order valence-corrected chi connectivity index (χ4v) is 3.74. The van der Waals surface area contributed by atoms with Crippen molar-refractivity contribution in [2.75, 3.05) is 6.61 Å². The van der Waals surface area contributed by atoms with Gasteiger partial charge in [-0.15, -0.1) is 0 Å². The molecule has 1 atom stereocenters. The van der Waals surface area contributed by atoms with Gasteiger partial charge in [0, 0.05) is 6.42 Å². The van der Waals surface area contributed by atoms with Crippen LogP contribution in [0.15, 0.2) is 12.2 Å².